The minimum absolute atomic E-state index is 0. The molecule has 32 heavy (non-hydrogen) atoms. The van der Waals surface area contributed by atoms with Crippen LogP contribution in [0, 0.1) is 13.8 Å². The van der Waals surface area contributed by atoms with Crippen molar-refractivity contribution in [3.05, 3.63) is 40.2 Å². The number of benzene rings is 1. The molecule has 0 unspecified atom stereocenters. The predicted molar refractivity (Wildman–Crippen MR) is 137 cm³/mol. The van der Waals surface area contributed by atoms with Gasteiger partial charge >= 0.3 is 0 Å². The number of hydrogen-bond donors (Lipinski definition) is 1. The van der Waals surface area contributed by atoms with Crippen LogP contribution >= 0.6 is 24.0 Å². The van der Waals surface area contributed by atoms with Crippen LogP contribution in [0.25, 0.3) is 0 Å². The molecule has 2 heterocycles. The zero-order valence-corrected chi connectivity index (χ0v) is 22.4. The maximum Gasteiger partial charge on any atom is 0.194 e. The molecule has 1 aromatic carbocycles. The van der Waals surface area contributed by atoms with E-state index in [9.17, 15) is 0 Å². The molecule has 2 aromatic rings. The molecule has 0 saturated heterocycles. The van der Waals surface area contributed by atoms with Gasteiger partial charge in [0.05, 0.1) is 39.6 Å². The molecular weight excluding hydrogens is 521 g/mol. The van der Waals surface area contributed by atoms with Gasteiger partial charge < -0.3 is 24.4 Å². The molecule has 8 nitrogen and oxygen atoms in total. The molecule has 0 spiro atoms. The van der Waals surface area contributed by atoms with Gasteiger partial charge in [-0.2, -0.15) is 5.10 Å². The lowest BCUT2D eigenvalue weighted by atomic mass is 9.99. The summed E-state index contributed by atoms with van der Waals surface area (Å²) >= 11 is 0. The first-order valence-electron chi connectivity index (χ1n) is 10.8. The Morgan fingerprint density at radius 3 is 2.44 bits per heavy atom. The van der Waals surface area contributed by atoms with E-state index in [1.165, 1.54) is 16.7 Å². The molecule has 0 fully saturated rings. The molecular formula is C23H36IN5O3. The van der Waals surface area contributed by atoms with Crippen LogP contribution in [0.2, 0.25) is 0 Å². The molecule has 0 radical (unpaired) electrons. The number of hydrogen-bond acceptors (Lipinski definition) is 5. The minimum atomic E-state index is 0. The van der Waals surface area contributed by atoms with Crippen molar-refractivity contribution in [1.29, 1.82) is 0 Å². The summed E-state index contributed by atoms with van der Waals surface area (Å²) in [6.07, 6.45) is 0.938. The van der Waals surface area contributed by atoms with Crippen LogP contribution in [0.3, 0.4) is 0 Å². The quantitative estimate of drug-likeness (QED) is 0.305. The van der Waals surface area contributed by atoms with Crippen LogP contribution in [0.15, 0.2) is 17.1 Å². The Kier molecular flexibility index (Phi) is 10.1. The molecule has 1 aromatic heterocycles. The maximum absolute atomic E-state index is 5.50. The number of guanidine groups is 1. The molecule has 0 atom stereocenters. The van der Waals surface area contributed by atoms with Gasteiger partial charge in [0.25, 0.3) is 0 Å². The summed E-state index contributed by atoms with van der Waals surface area (Å²) in [7, 11) is 5.06. The van der Waals surface area contributed by atoms with Crippen LogP contribution in [-0.2, 0) is 30.8 Å². The van der Waals surface area contributed by atoms with Crippen molar-refractivity contribution >= 4 is 29.9 Å². The fraction of sp³-hybridized carbons (Fsp3) is 0.565. The SMILES string of the molecule is CCNC(=NCc1c(C)nn(CCOC)c1C)N1CCc2cc(OC)c(OC)cc2C1.I. The smallest absolute Gasteiger partial charge is 0.194 e. The van der Waals surface area contributed by atoms with E-state index in [4.69, 9.17) is 19.2 Å². The monoisotopic (exact) mass is 557 g/mol. The summed E-state index contributed by atoms with van der Waals surface area (Å²) in [5, 5.41) is 8.11. The highest BCUT2D eigenvalue weighted by Crippen LogP contribution is 2.33. The molecule has 0 bridgehead atoms. The highest BCUT2D eigenvalue weighted by molar-refractivity contribution is 14.0. The summed E-state index contributed by atoms with van der Waals surface area (Å²) in [4.78, 5) is 7.27. The third kappa shape index (κ3) is 5.86. The Labute approximate surface area is 208 Å². The summed E-state index contributed by atoms with van der Waals surface area (Å²) < 4.78 is 18.2. The number of nitrogens with one attached hydrogen (secondary N) is 1. The standard InChI is InChI=1S/C23H35N5O3.HI/c1-7-24-23(25-14-20-16(2)26-28(17(20)3)10-11-29-4)27-9-8-18-12-21(30-5)22(31-6)13-19(18)15-27;/h12-13H,7-11,14-15H2,1-6H3,(H,24,25);1H. The van der Waals surface area contributed by atoms with Crippen molar-refractivity contribution in [1.82, 2.24) is 20.0 Å². The Hall–Kier alpha value is -2.01. The van der Waals surface area contributed by atoms with E-state index in [0.29, 0.717) is 13.2 Å². The largest absolute Gasteiger partial charge is 0.493 e. The average molecular weight is 557 g/mol. The molecule has 1 aliphatic rings. The zero-order valence-electron chi connectivity index (χ0n) is 20.0. The van der Waals surface area contributed by atoms with Crippen molar-refractivity contribution in [2.45, 2.75) is 46.8 Å². The highest BCUT2D eigenvalue weighted by Gasteiger charge is 2.22. The number of aryl methyl sites for hydroxylation is 1. The second-order valence-electron chi connectivity index (χ2n) is 7.68. The Bertz CT molecular complexity index is 929. The normalized spacial score (nSPS) is 13.4. The Balaban J connectivity index is 0.00000363. The number of fused-ring (bicyclic) bond motifs is 1. The van der Waals surface area contributed by atoms with Crippen LogP contribution in [0.1, 0.15) is 35.0 Å². The van der Waals surface area contributed by atoms with Crippen molar-refractivity contribution in [2.24, 2.45) is 4.99 Å². The average Bonchev–Trinajstić information content (AvgIpc) is 3.06. The number of aromatic nitrogens is 2. The van der Waals surface area contributed by atoms with Crippen molar-refractivity contribution in [2.75, 3.05) is 41.0 Å². The fourth-order valence-corrected chi connectivity index (χ4v) is 4.00. The van der Waals surface area contributed by atoms with E-state index < -0.39 is 0 Å². The summed E-state index contributed by atoms with van der Waals surface area (Å²) in [5.41, 5.74) is 5.89. The Morgan fingerprint density at radius 1 is 1.12 bits per heavy atom. The molecule has 9 heteroatoms. The van der Waals surface area contributed by atoms with Gasteiger partial charge in [0.2, 0.25) is 0 Å². The van der Waals surface area contributed by atoms with Crippen LogP contribution in [0.4, 0.5) is 0 Å². The van der Waals surface area contributed by atoms with Crippen molar-refractivity contribution in [3.8, 4) is 11.5 Å². The van der Waals surface area contributed by atoms with E-state index in [-0.39, 0.29) is 24.0 Å². The maximum atomic E-state index is 5.50. The summed E-state index contributed by atoms with van der Waals surface area (Å²) in [6, 6.07) is 4.18. The molecule has 0 amide bonds. The van der Waals surface area contributed by atoms with Gasteiger partial charge in [-0.3, -0.25) is 4.68 Å². The molecule has 1 N–H and O–H groups in total. The number of methoxy groups -OCH3 is 3. The van der Waals surface area contributed by atoms with Crippen LogP contribution in [-0.4, -0.2) is 61.7 Å². The van der Waals surface area contributed by atoms with Gasteiger partial charge in [0.15, 0.2) is 17.5 Å². The van der Waals surface area contributed by atoms with E-state index in [1.54, 1.807) is 21.3 Å². The van der Waals surface area contributed by atoms with Crippen LogP contribution in [0.5, 0.6) is 11.5 Å². The van der Waals surface area contributed by atoms with Gasteiger partial charge in [-0.05, 0) is 50.5 Å². The van der Waals surface area contributed by atoms with Gasteiger partial charge in [0, 0.05) is 38.0 Å². The van der Waals surface area contributed by atoms with E-state index in [0.717, 1.165) is 61.4 Å². The van der Waals surface area contributed by atoms with Crippen molar-refractivity contribution < 1.29 is 14.2 Å². The van der Waals surface area contributed by atoms with Gasteiger partial charge in [-0.15, -0.1) is 24.0 Å². The van der Waals surface area contributed by atoms with E-state index in [1.807, 2.05) is 11.6 Å². The first kappa shape index (κ1) is 26.2. The number of aliphatic imine (C=N–C) groups is 1. The van der Waals surface area contributed by atoms with E-state index >= 15 is 0 Å². The third-order valence-corrected chi connectivity index (χ3v) is 5.78. The lowest BCUT2D eigenvalue weighted by Gasteiger charge is -2.32. The first-order chi connectivity index (χ1) is 15.0. The lowest BCUT2D eigenvalue weighted by Crippen LogP contribution is -2.44. The number of rotatable bonds is 8. The second-order valence-corrected chi connectivity index (χ2v) is 7.68. The van der Waals surface area contributed by atoms with Crippen molar-refractivity contribution in [3.63, 3.8) is 0 Å². The van der Waals surface area contributed by atoms with Gasteiger partial charge in [0.1, 0.15) is 0 Å². The molecule has 0 aliphatic carbocycles. The zero-order chi connectivity index (χ0) is 22.4. The molecule has 178 valence electrons. The molecule has 3 rings (SSSR count). The molecule has 1 aliphatic heterocycles. The molecule has 0 saturated carbocycles. The summed E-state index contributed by atoms with van der Waals surface area (Å²) in [6.45, 7) is 10.7. The highest BCUT2D eigenvalue weighted by atomic mass is 127. The second kappa shape index (κ2) is 12.3. The first-order valence-corrected chi connectivity index (χ1v) is 10.8. The van der Waals surface area contributed by atoms with Gasteiger partial charge in [-0.1, -0.05) is 0 Å². The minimum Gasteiger partial charge on any atom is -0.493 e. The topological polar surface area (TPSA) is 73.1 Å². The Morgan fingerprint density at radius 2 is 1.81 bits per heavy atom. The predicted octanol–water partition coefficient (Wildman–Crippen LogP) is 3.31. The number of nitrogens with zero attached hydrogens (tertiary/aromatic N) is 4. The third-order valence-electron chi connectivity index (χ3n) is 5.78. The van der Waals surface area contributed by atoms with E-state index in [2.05, 4.69) is 41.3 Å². The summed E-state index contributed by atoms with van der Waals surface area (Å²) in [5.74, 6) is 2.47. The van der Waals surface area contributed by atoms with Crippen LogP contribution < -0.4 is 14.8 Å². The lowest BCUT2D eigenvalue weighted by molar-refractivity contribution is 0.182. The van der Waals surface area contributed by atoms with Gasteiger partial charge in [-0.25, -0.2) is 4.99 Å². The fourth-order valence-electron chi connectivity index (χ4n) is 4.00. The number of ether oxygens (including phenoxy) is 3. The number of halogens is 1.